The summed E-state index contributed by atoms with van der Waals surface area (Å²) in [6, 6.07) is 17.4. The van der Waals surface area contributed by atoms with Gasteiger partial charge in [-0.25, -0.2) is 4.79 Å². The molecule has 7 heteroatoms. The van der Waals surface area contributed by atoms with E-state index < -0.39 is 5.54 Å². The standard InChI is InChI=1S/C25H32N4O3/c30-23(27-22-10-8-21(9-11-22)19-29-14-16-32-17-15-29)25(12-4-5-13-25)28-24(31)26-18-20-6-2-1-3-7-20/h1-3,6-11H,4-5,12-19H2,(H,27,30)(H2,26,28,31). The highest BCUT2D eigenvalue weighted by molar-refractivity contribution is 6.00. The Balaban J connectivity index is 1.32. The van der Waals surface area contributed by atoms with Gasteiger partial charge in [0, 0.05) is 31.9 Å². The van der Waals surface area contributed by atoms with Gasteiger partial charge in [-0.2, -0.15) is 0 Å². The van der Waals surface area contributed by atoms with Gasteiger partial charge < -0.3 is 20.7 Å². The van der Waals surface area contributed by atoms with E-state index >= 15 is 0 Å². The summed E-state index contributed by atoms with van der Waals surface area (Å²) in [6.07, 6.45) is 3.13. The number of carbonyl (C=O) groups excluding carboxylic acids is 2. The third kappa shape index (κ3) is 5.87. The second-order valence-corrected chi connectivity index (χ2v) is 8.62. The number of hydrogen-bond acceptors (Lipinski definition) is 4. The minimum absolute atomic E-state index is 0.147. The van der Waals surface area contributed by atoms with Crippen LogP contribution in [-0.4, -0.2) is 48.7 Å². The lowest BCUT2D eigenvalue weighted by atomic mass is 9.96. The Bertz CT molecular complexity index is 889. The molecule has 0 spiro atoms. The molecule has 0 aromatic heterocycles. The van der Waals surface area contributed by atoms with E-state index in [1.807, 2.05) is 54.6 Å². The van der Waals surface area contributed by atoms with Gasteiger partial charge in [0.05, 0.1) is 13.2 Å². The van der Waals surface area contributed by atoms with Gasteiger partial charge in [0.25, 0.3) is 0 Å². The van der Waals surface area contributed by atoms with Crippen LogP contribution in [0.4, 0.5) is 10.5 Å². The normalized spacial score (nSPS) is 18.1. The number of nitrogens with zero attached hydrogens (tertiary/aromatic N) is 1. The minimum atomic E-state index is -0.868. The summed E-state index contributed by atoms with van der Waals surface area (Å²) in [6.45, 7) is 4.75. The number of ether oxygens (including phenoxy) is 1. The highest BCUT2D eigenvalue weighted by atomic mass is 16.5. The first-order chi connectivity index (χ1) is 15.6. The molecule has 0 unspecified atom stereocenters. The summed E-state index contributed by atoms with van der Waals surface area (Å²) in [5.41, 5.74) is 2.11. The zero-order valence-electron chi connectivity index (χ0n) is 18.4. The average Bonchev–Trinajstić information content (AvgIpc) is 3.30. The number of anilines is 1. The van der Waals surface area contributed by atoms with Crippen LogP contribution in [0.25, 0.3) is 0 Å². The highest BCUT2D eigenvalue weighted by Crippen LogP contribution is 2.31. The molecule has 2 aromatic rings. The molecule has 170 valence electrons. The first kappa shape index (κ1) is 22.3. The number of morpholine rings is 1. The van der Waals surface area contributed by atoms with Gasteiger partial charge in [-0.15, -0.1) is 0 Å². The molecule has 0 radical (unpaired) electrons. The summed E-state index contributed by atoms with van der Waals surface area (Å²) in [5.74, 6) is -0.147. The van der Waals surface area contributed by atoms with Crippen LogP contribution in [0.3, 0.4) is 0 Å². The number of benzene rings is 2. The summed E-state index contributed by atoms with van der Waals surface area (Å²) >= 11 is 0. The lowest BCUT2D eigenvalue weighted by molar-refractivity contribution is -0.121. The first-order valence-electron chi connectivity index (χ1n) is 11.4. The molecule has 32 heavy (non-hydrogen) atoms. The predicted molar refractivity (Wildman–Crippen MR) is 124 cm³/mol. The molecule has 4 rings (SSSR count). The van der Waals surface area contributed by atoms with Crippen LogP contribution in [0.1, 0.15) is 36.8 Å². The van der Waals surface area contributed by atoms with Crippen molar-refractivity contribution in [3.63, 3.8) is 0 Å². The van der Waals surface area contributed by atoms with Crippen molar-refractivity contribution in [2.75, 3.05) is 31.6 Å². The summed E-state index contributed by atoms with van der Waals surface area (Å²) in [4.78, 5) is 28.1. The Morgan fingerprint density at radius 2 is 1.59 bits per heavy atom. The molecule has 1 heterocycles. The first-order valence-corrected chi connectivity index (χ1v) is 11.4. The van der Waals surface area contributed by atoms with Gasteiger partial charge >= 0.3 is 6.03 Å². The second kappa shape index (κ2) is 10.6. The van der Waals surface area contributed by atoms with Gasteiger partial charge in [-0.05, 0) is 36.1 Å². The van der Waals surface area contributed by atoms with E-state index in [4.69, 9.17) is 4.74 Å². The number of carbonyl (C=O) groups is 2. The van der Waals surface area contributed by atoms with Gasteiger partial charge in [0.15, 0.2) is 0 Å². The van der Waals surface area contributed by atoms with E-state index in [0.717, 1.165) is 56.9 Å². The predicted octanol–water partition coefficient (Wildman–Crippen LogP) is 3.27. The quantitative estimate of drug-likeness (QED) is 0.622. The van der Waals surface area contributed by atoms with Crippen molar-refractivity contribution in [1.82, 2.24) is 15.5 Å². The lowest BCUT2D eigenvalue weighted by Gasteiger charge is -2.29. The molecule has 1 saturated heterocycles. The molecule has 1 aliphatic carbocycles. The van der Waals surface area contributed by atoms with Crippen molar-refractivity contribution in [2.24, 2.45) is 0 Å². The molecule has 3 N–H and O–H groups in total. The van der Waals surface area contributed by atoms with Gasteiger partial charge in [-0.3, -0.25) is 9.69 Å². The molecule has 1 saturated carbocycles. The van der Waals surface area contributed by atoms with Crippen molar-refractivity contribution in [3.8, 4) is 0 Å². The average molecular weight is 437 g/mol. The molecule has 0 bridgehead atoms. The van der Waals surface area contributed by atoms with Crippen LogP contribution in [0.2, 0.25) is 0 Å². The maximum Gasteiger partial charge on any atom is 0.315 e. The minimum Gasteiger partial charge on any atom is -0.379 e. The summed E-state index contributed by atoms with van der Waals surface area (Å²) in [5, 5.41) is 8.86. The molecule has 2 fully saturated rings. The van der Waals surface area contributed by atoms with Crippen LogP contribution in [0, 0.1) is 0 Å². The van der Waals surface area contributed by atoms with Gasteiger partial charge in [-0.1, -0.05) is 55.3 Å². The SMILES string of the molecule is O=C(NCc1ccccc1)NC1(C(=O)Nc2ccc(CN3CCOCC3)cc2)CCCC1. The zero-order valence-corrected chi connectivity index (χ0v) is 18.4. The Labute approximate surface area is 189 Å². The fraction of sp³-hybridized carbons (Fsp3) is 0.440. The van der Waals surface area contributed by atoms with Crippen molar-refractivity contribution in [3.05, 3.63) is 65.7 Å². The van der Waals surface area contributed by atoms with E-state index in [1.165, 1.54) is 5.56 Å². The van der Waals surface area contributed by atoms with E-state index in [0.29, 0.717) is 19.4 Å². The van der Waals surface area contributed by atoms with Crippen molar-refractivity contribution >= 4 is 17.6 Å². The van der Waals surface area contributed by atoms with Crippen LogP contribution >= 0.6 is 0 Å². The number of hydrogen-bond donors (Lipinski definition) is 3. The topological polar surface area (TPSA) is 82.7 Å². The molecule has 2 aliphatic rings. The fourth-order valence-corrected chi connectivity index (χ4v) is 4.39. The maximum atomic E-state index is 13.2. The molecule has 0 atom stereocenters. The van der Waals surface area contributed by atoms with Crippen LogP contribution in [0.5, 0.6) is 0 Å². The van der Waals surface area contributed by atoms with Crippen molar-refractivity contribution in [2.45, 2.75) is 44.3 Å². The molecule has 7 nitrogen and oxygen atoms in total. The van der Waals surface area contributed by atoms with Crippen LogP contribution < -0.4 is 16.0 Å². The number of urea groups is 1. The molecule has 3 amide bonds. The Morgan fingerprint density at radius 3 is 2.28 bits per heavy atom. The smallest absolute Gasteiger partial charge is 0.315 e. The number of rotatable bonds is 7. The van der Waals surface area contributed by atoms with Crippen molar-refractivity contribution in [1.29, 1.82) is 0 Å². The third-order valence-electron chi connectivity index (χ3n) is 6.26. The largest absolute Gasteiger partial charge is 0.379 e. The van der Waals surface area contributed by atoms with E-state index in [1.54, 1.807) is 0 Å². The fourth-order valence-electron chi connectivity index (χ4n) is 4.39. The second-order valence-electron chi connectivity index (χ2n) is 8.62. The van der Waals surface area contributed by atoms with Crippen molar-refractivity contribution < 1.29 is 14.3 Å². The van der Waals surface area contributed by atoms with Gasteiger partial charge in [0.2, 0.25) is 5.91 Å². The maximum absolute atomic E-state index is 13.2. The molecular formula is C25H32N4O3. The Morgan fingerprint density at radius 1 is 0.906 bits per heavy atom. The Hall–Kier alpha value is -2.90. The summed E-state index contributed by atoms with van der Waals surface area (Å²) in [7, 11) is 0. The van der Waals surface area contributed by atoms with Crippen LogP contribution in [-0.2, 0) is 22.6 Å². The molecular weight excluding hydrogens is 404 g/mol. The lowest BCUT2D eigenvalue weighted by Crippen LogP contribution is -2.57. The van der Waals surface area contributed by atoms with E-state index in [-0.39, 0.29) is 11.9 Å². The highest BCUT2D eigenvalue weighted by Gasteiger charge is 2.42. The molecule has 1 aliphatic heterocycles. The monoisotopic (exact) mass is 436 g/mol. The summed E-state index contributed by atoms with van der Waals surface area (Å²) < 4.78 is 5.40. The third-order valence-corrected chi connectivity index (χ3v) is 6.26. The number of nitrogens with one attached hydrogen (secondary N) is 3. The van der Waals surface area contributed by atoms with E-state index in [9.17, 15) is 9.59 Å². The zero-order chi connectivity index (χ0) is 22.2. The van der Waals surface area contributed by atoms with E-state index in [2.05, 4.69) is 20.9 Å². The van der Waals surface area contributed by atoms with Crippen LogP contribution in [0.15, 0.2) is 54.6 Å². The Kier molecular flexibility index (Phi) is 7.39. The van der Waals surface area contributed by atoms with Gasteiger partial charge in [0.1, 0.15) is 5.54 Å². The molecule has 2 aromatic carbocycles. The number of amides is 3.